The first-order chi connectivity index (χ1) is 7.23. The second-order valence-electron chi connectivity index (χ2n) is 5.10. The van der Waals surface area contributed by atoms with E-state index in [1.807, 2.05) is 6.20 Å². The lowest BCUT2D eigenvalue weighted by Crippen LogP contribution is -2.38. The first-order valence-electron chi connectivity index (χ1n) is 6.05. The zero-order valence-electron chi connectivity index (χ0n) is 9.37. The maximum absolute atomic E-state index is 6.30. The van der Waals surface area contributed by atoms with Gasteiger partial charge in [-0.3, -0.25) is 0 Å². The van der Waals surface area contributed by atoms with E-state index in [1.54, 1.807) is 0 Å². The van der Waals surface area contributed by atoms with Gasteiger partial charge >= 0.3 is 0 Å². The van der Waals surface area contributed by atoms with Gasteiger partial charge in [0.1, 0.15) is 5.82 Å². The van der Waals surface area contributed by atoms with E-state index in [0.717, 1.165) is 19.4 Å². The van der Waals surface area contributed by atoms with E-state index < -0.39 is 0 Å². The normalized spacial score (nSPS) is 27.5. The molecule has 0 radical (unpaired) electrons. The van der Waals surface area contributed by atoms with Crippen LogP contribution >= 0.6 is 0 Å². The zero-order chi connectivity index (χ0) is 10.5. The lowest BCUT2D eigenvalue weighted by atomic mass is 9.89. The molecule has 3 heteroatoms. The Balaban J connectivity index is 1.87. The zero-order valence-corrected chi connectivity index (χ0v) is 9.37. The molecule has 1 saturated carbocycles. The fraction of sp³-hybridized carbons (Fsp3) is 0.750. The molecule has 2 aliphatic rings. The number of nitrogens with two attached hydrogens (primary N) is 1. The minimum Gasteiger partial charge on any atom is -0.332 e. The van der Waals surface area contributed by atoms with Gasteiger partial charge in [0.2, 0.25) is 0 Å². The van der Waals surface area contributed by atoms with E-state index in [2.05, 4.69) is 16.5 Å². The molecule has 1 unspecified atom stereocenters. The van der Waals surface area contributed by atoms with Crippen LogP contribution < -0.4 is 5.73 Å². The highest BCUT2D eigenvalue weighted by Gasteiger charge is 2.46. The number of fused-ring (bicyclic) bond motifs is 1. The fourth-order valence-electron chi connectivity index (χ4n) is 2.81. The summed E-state index contributed by atoms with van der Waals surface area (Å²) in [5.41, 5.74) is 7.89. The SMILES string of the molecule is CCc1ncc2n1CC(C1(N)CC1)CC2. The van der Waals surface area contributed by atoms with E-state index >= 15 is 0 Å². The molecule has 1 aromatic heterocycles. The van der Waals surface area contributed by atoms with E-state index in [-0.39, 0.29) is 5.54 Å². The Labute approximate surface area is 90.7 Å². The number of hydrogen-bond acceptors (Lipinski definition) is 2. The third-order valence-electron chi connectivity index (χ3n) is 4.13. The van der Waals surface area contributed by atoms with Crippen LogP contribution in [-0.2, 0) is 19.4 Å². The van der Waals surface area contributed by atoms with Crippen molar-refractivity contribution in [3.8, 4) is 0 Å². The molecule has 3 nitrogen and oxygen atoms in total. The predicted octanol–water partition coefficient (Wildman–Crippen LogP) is 1.50. The van der Waals surface area contributed by atoms with E-state index in [1.165, 1.54) is 30.8 Å². The summed E-state index contributed by atoms with van der Waals surface area (Å²) in [4.78, 5) is 4.48. The summed E-state index contributed by atoms with van der Waals surface area (Å²) in [7, 11) is 0. The van der Waals surface area contributed by atoms with Crippen molar-refractivity contribution in [2.24, 2.45) is 11.7 Å². The number of aryl methyl sites for hydroxylation is 2. The largest absolute Gasteiger partial charge is 0.332 e. The molecule has 3 rings (SSSR count). The van der Waals surface area contributed by atoms with Gasteiger partial charge in [-0.2, -0.15) is 0 Å². The molecule has 2 heterocycles. The molecule has 1 aromatic rings. The van der Waals surface area contributed by atoms with Crippen molar-refractivity contribution in [2.75, 3.05) is 0 Å². The first kappa shape index (κ1) is 9.40. The van der Waals surface area contributed by atoms with Gasteiger partial charge in [0, 0.05) is 30.4 Å². The predicted molar refractivity (Wildman–Crippen MR) is 59.6 cm³/mol. The molecule has 2 N–H and O–H groups in total. The number of nitrogens with zero attached hydrogens (tertiary/aromatic N) is 2. The van der Waals surface area contributed by atoms with E-state index in [0.29, 0.717) is 5.92 Å². The van der Waals surface area contributed by atoms with Gasteiger partial charge < -0.3 is 10.3 Å². The standard InChI is InChI=1S/C12H19N3/c1-2-11-14-7-10-4-3-9(8-15(10)11)12(13)5-6-12/h7,9H,2-6,8,13H2,1H3. The van der Waals surface area contributed by atoms with Gasteiger partial charge in [0.15, 0.2) is 0 Å². The summed E-state index contributed by atoms with van der Waals surface area (Å²) in [6.45, 7) is 3.28. The summed E-state index contributed by atoms with van der Waals surface area (Å²) in [6, 6.07) is 0. The molecule has 82 valence electrons. The van der Waals surface area contributed by atoms with Crippen molar-refractivity contribution in [3.63, 3.8) is 0 Å². The maximum atomic E-state index is 6.30. The molecule has 1 atom stereocenters. The topological polar surface area (TPSA) is 43.8 Å². The lowest BCUT2D eigenvalue weighted by molar-refractivity contribution is 0.294. The van der Waals surface area contributed by atoms with Crippen LogP contribution in [0.4, 0.5) is 0 Å². The van der Waals surface area contributed by atoms with Crippen molar-refractivity contribution in [1.29, 1.82) is 0 Å². The van der Waals surface area contributed by atoms with Gasteiger partial charge in [0.05, 0.1) is 0 Å². The Bertz CT molecular complexity index is 363. The van der Waals surface area contributed by atoms with Gasteiger partial charge in [0.25, 0.3) is 0 Å². The van der Waals surface area contributed by atoms with Crippen LogP contribution in [-0.4, -0.2) is 15.1 Å². The second kappa shape index (κ2) is 3.08. The quantitative estimate of drug-likeness (QED) is 0.795. The van der Waals surface area contributed by atoms with Crippen LogP contribution in [0.3, 0.4) is 0 Å². The molecular weight excluding hydrogens is 186 g/mol. The Kier molecular flexibility index (Phi) is 1.93. The summed E-state index contributed by atoms with van der Waals surface area (Å²) in [5.74, 6) is 1.92. The Morgan fingerprint density at radius 3 is 3.07 bits per heavy atom. The van der Waals surface area contributed by atoms with Crippen molar-refractivity contribution in [1.82, 2.24) is 9.55 Å². The minimum absolute atomic E-state index is 0.174. The highest BCUT2D eigenvalue weighted by Crippen LogP contribution is 2.44. The summed E-state index contributed by atoms with van der Waals surface area (Å²) in [6.07, 6.45) is 7.95. The van der Waals surface area contributed by atoms with Crippen molar-refractivity contribution >= 4 is 0 Å². The smallest absolute Gasteiger partial charge is 0.108 e. The van der Waals surface area contributed by atoms with E-state index in [4.69, 9.17) is 5.73 Å². The molecule has 0 bridgehead atoms. The molecular formula is C12H19N3. The maximum Gasteiger partial charge on any atom is 0.108 e. The molecule has 1 fully saturated rings. The van der Waals surface area contributed by atoms with Crippen molar-refractivity contribution < 1.29 is 0 Å². The second-order valence-corrected chi connectivity index (χ2v) is 5.10. The number of hydrogen-bond donors (Lipinski definition) is 1. The Hall–Kier alpha value is -0.830. The molecule has 0 spiro atoms. The highest BCUT2D eigenvalue weighted by atomic mass is 15.1. The first-order valence-corrected chi connectivity index (χ1v) is 6.05. The molecule has 15 heavy (non-hydrogen) atoms. The monoisotopic (exact) mass is 205 g/mol. The number of aromatic nitrogens is 2. The van der Waals surface area contributed by atoms with Crippen LogP contribution in [0.5, 0.6) is 0 Å². The van der Waals surface area contributed by atoms with Crippen molar-refractivity contribution in [2.45, 2.75) is 51.1 Å². The average molecular weight is 205 g/mol. The van der Waals surface area contributed by atoms with Crippen molar-refractivity contribution in [3.05, 3.63) is 17.7 Å². The Morgan fingerprint density at radius 1 is 1.60 bits per heavy atom. The van der Waals surface area contributed by atoms with Crippen LogP contribution in [0.15, 0.2) is 6.20 Å². The molecule has 0 saturated heterocycles. The summed E-state index contributed by atoms with van der Waals surface area (Å²) >= 11 is 0. The van der Waals surface area contributed by atoms with Gasteiger partial charge in [-0.15, -0.1) is 0 Å². The molecule has 0 aromatic carbocycles. The number of rotatable bonds is 2. The average Bonchev–Trinajstić information content (AvgIpc) is 2.88. The molecule has 0 amide bonds. The van der Waals surface area contributed by atoms with Gasteiger partial charge in [-0.1, -0.05) is 6.92 Å². The molecule has 1 aliphatic heterocycles. The van der Waals surface area contributed by atoms with Gasteiger partial charge in [-0.05, 0) is 31.6 Å². The van der Waals surface area contributed by atoms with E-state index in [9.17, 15) is 0 Å². The van der Waals surface area contributed by atoms with Crippen LogP contribution in [0.1, 0.15) is 37.7 Å². The Morgan fingerprint density at radius 2 is 2.40 bits per heavy atom. The number of imidazole rings is 1. The van der Waals surface area contributed by atoms with Crippen LogP contribution in [0, 0.1) is 5.92 Å². The molecule has 1 aliphatic carbocycles. The summed E-state index contributed by atoms with van der Waals surface area (Å²) in [5, 5.41) is 0. The third-order valence-corrected chi connectivity index (χ3v) is 4.13. The minimum atomic E-state index is 0.174. The van der Waals surface area contributed by atoms with Crippen LogP contribution in [0.25, 0.3) is 0 Å². The third kappa shape index (κ3) is 1.41. The fourth-order valence-corrected chi connectivity index (χ4v) is 2.81. The highest BCUT2D eigenvalue weighted by molar-refractivity contribution is 5.13. The van der Waals surface area contributed by atoms with Gasteiger partial charge in [-0.25, -0.2) is 4.98 Å². The van der Waals surface area contributed by atoms with Crippen LogP contribution in [0.2, 0.25) is 0 Å². The lowest BCUT2D eigenvalue weighted by Gasteiger charge is -2.30. The summed E-state index contributed by atoms with van der Waals surface area (Å²) < 4.78 is 2.40.